The molecule has 4 heteroatoms. The zero-order chi connectivity index (χ0) is 15.5. The lowest BCUT2D eigenvalue weighted by Crippen LogP contribution is -2.46. The average Bonchev–Trinajstić information content (AvgIpc) is 2.96. The van der Waals surface area contributed by atoms with Crippen molar-refractivity contribution in [1.29, 1.82) is 0 Å². The second-order valence-corrected chi connectivity index (χ2v) is 8.09. The van der Waals surface area contributed by atoms with Gasteiger partial charge in [-0.15, -0.1) is 11.3 Å². The molecule has 0 amide bonds. The third kappa shape index (κ3) is 3.85. The van der Waals surface area contributed by atoms with E-state index in [1.807, 2.05) is 18.4 Å². The second kappa shape index (κ2) is 6.76. The van der Waals surface area contributed by atoms with E-state index in [9.17, 15) is 0 Å². The lowest BCUT2D eigenvalue weighted by Gasteiger charge is -2.39. The number of thiazole rings is 1. The SMILES string of the molecule is CCCNC1(c2nc(C(C)(C)C)cs2)CCC(OC)CC1. The Morgan fingerprint density at radius 1 is 1.38 bits per heavy atom. The molecule has 0 spiro atoms. The molecule has 0 bridgehead atoms. The number of nitrogens with one attached hydrogen (secondary N) is 1. The maximum atomic E-state index is 5.54. The van der Waals surface area contributed by atoms with E-state index in [1.54, 1.807) is 0 Å². The van der Waals surface area contributed by atoms with Crippen molar-refractivity contribution in [2.24, 2.45) is 0 Å². The van der Waals surface area contributed by atoms with Crippen LogP contribution in [0.2, 0.25) is 0 Å². The predicted octanol–water partition coefficient (Wildman–Crippen LogP) is 4.22. The van der Waals surface area contributed by atoms with Gasteiger partial charge in [0.15, 0.2) is 0 Å². The van der Waals surface area contributed by atoms with Gasteiger partial charge in [0.2, 0.25) is 0 Å². The highest BCUT2D eigenvalue weighted by molar-refractivity contribution is 7.09. The third-order valence-electron chi connectivity index (χ3n) is 4.51. The van der Waals surface area contributed by atoms with Crippen molar-refractivity contribution in [3.05, 3.63) is 16.1 Å². The summed E-state index contributed by atoms with van der Waals surface area (Å²) in [5.74, 6) is 0. The highest BCUT2D eigenvalue weighted by Gasteiger charge is 2.39. The molecule has 0 saturated heterocycles. The van der Waals surface area contributed by atoms with Crippen molar-refractivity contribution >= 4 is 11.3 Å². The Bertz CT molecular complexity index is 442. The molecule has 1 heterocycles. The van der Waals surface area contributed by atoms with Crippen molar-refractivity contribution < 1.29 is 4.74 Å². The molecule has 0 radical (unpaired) electrons. The second-order valence-electron chi connectivity index (χ2n) is 7.23. The summed E-state index contributed by atoms with van der Waals surface area (Å²) in [6.07, 6.45) is 6.08. The molecule has 1 aliphatic rings. The zero-order valence-corrected chi connectivity index (χ0v) is 15.0. The molecule has 0 aromatic carbocycles. The first-order valence-corrected chi connectivity index (χ1v) is 9.03. The molecule has 120 valence electrons. The number of ether oxygens (including phenoxy) is 1. The van der Waals surface area contributed by atoms with E-state index in [1.165, 1.54) is 10.7 Å². The predicted molar refractivity (Wildman–Crippen MR) is 90.1 cm³/mol. The molecule has 1 aliphatic carbocycles. The number of nitrogens with zero attached hydrogens (tertiary/aromatic N) is 1. The molecule has 1 aromatic heterocycles. The fourth-order valence-electron chi connectivity index (χ4n) is 2.99. The Kier molecular flexibility index (Phi) is 5.44. The average molecular weight is 311 g/mol. The Balaban J connectivity index is 2.22. The van der Waals surface area contributed by atoms with Crippen LogP contribution in [0.25, 0.3) is 0 Å². The Morgan fingerprint density at radius 2 is 2.05 bits per heavy atom. The van der Waals surface area contributed by atoms with Crippen molar-refractivity contribution in [3.63, 3.8) is 0 Å². The van der Waals surface area contributed by atoms with Crippen molar-refractivity contribution in [3.8, 4) is 0 Å². The highest BCUT2D eigenvalue weighted by Crippen LogP contribution is 2.40. The Hall–Kier alpha value is -0.450. The van der Waals surface area contributed by atoms with Crippen LogP contribution in [0.1, 0.15) is 70.5 Å². The molecule has 21 heavy (non-hydrogen) atoms. The summed E-state index contributed by atoms with van der Waals surface area (Å²) in [7, 11) is 1.83. The molecule has 1 saturated carbocycles. The normalized spacial score (nSPS) is 27.0. The molecular weight excluding hydrogens is 280 g/mol. The topological polar surface area (TPSA) is 34.2 Å². The van der Waals surface area contributed by atoms with Crippen molar-refractivity contribution in [2.75, 3.05) is 13.7 Å². The molecule has 1 N–H and O–H groups in total. The molecular formula is C17H30N2OS. The quantitative estimate of drug-likeness (QED) is 0.884. The first kappa shape index (κ1) is 16.9. The van der Waals surface area contributed by atoms with Crippen LogP contribution in [0.15, 0.2) is 5.38 Å². The summed E-state index contributed by atoms with van der Waals surface area (Å²) < 4.78 is 5.54. The maximum absolute atomic E-state index is 5.54. The van der Waals surface area contributed by atoms with Gasteiger partial charge in [0.05, 0.1) is 17.3 Å². The zero-order valence-electron chi connectivity index (χ0n) is 14.2. The number of methoxy groups -OCH3 is 1. The fourth-order valence-corrected chi connectivity index (χ4v) is 4.27. The van der Waals surface area contributed by atoms with Gasteiger partial charge in [-0.25, -0.2) is 4.98 Å². The van der Waals surface area contributed by atoms with Gasteiger partial charge >= 0.3 is 0 Å². The van der Waals surface area contributed by atoms with Gasteiger partial charge in [0.25, 0.3) is 0 Å². The third-order valence-corrected chi connectivity index (χ3v) is 5.56. The van der Waals surface area contributed by atoms with E-state index in [0.717, 1.165) is 38.6 Å². The van der Waals surface area contributed by atoms with Crippen LogP contribution in [-0.4, -0.2) is 24.7 Å². The minimum absolute atomic E-state index is 0.0687. The van der Waals surface area contributed by atoms with Crippen LogP contribution in [0, 0.1) is 0 Å². The van der Waals surface area contributed by atoms with E-state index in [2.05, 4.69) is 38.4 Å². The van der Waals surface area contributed by atoms with Crippen LogP contribution in [-0.2, 0) is 15.7 Å². The van der Waals surface area contributed by atoms with Gasteiger partial charge in [-0.05, 0) is 38.6 Å². The maximum Gasteiger partial charge on any atom is 0.113 e. The van der Waals surface area contributed by atoms with E-state index >= 15 is 0 Å². The standard InChI is InChI=1S/C17H30N2OS/c1-6-11-18-17(9-7-13(20-5)8-10-17)15-19-14(12-21-15)16(2,3)4/h12-13,18H,6-11H2,1-5H3. The van der Waals surface area contributed by atoms with Crippen molar-refractivity contribution in [2.45, 2.75) is 76.9 Å². The van der Waals surface area contributed by atoms with Gasteiger partial charge in [-0.3, -0.25) is 0 Å². The monoisotopic (exact) mass is 310 g/mol. The van der Waals surface area contributed by atoms with Gasteiger partial charge in [0.1, 0.15) is 5.01 Å². The van der Waals surface area contributed by atoms with Crippen LogP contribution in [0.4, 0.5) is 0 Å². The van der Waals surface area contributed by atoms with E-state index in [0.29, 0.717) is 6.10 Å². The number of rotatable bonds is 5. The number of aromatic nitrogens is 1. The van der Waals surface area contributed by atoms with Crippen LogP contribution in [0.5, 0.6) is 0 Å². The van der Waals surface area contributed by atoms with E-state index < -0.39 is 0 Å². The van der Waals surface area contributed by atoms with E-state index in [-0.39, 0.29) is 11.0 Å². The lowest BCUT2D eigenvalue weighted by atomic mass is 9.80. The molecule has 2 rings (SSSR count). The minimum atomic E-state index is 0.0687. The fraction of sp³-hybridized carbons (Fsp3) is 0.824. The largest absolute Gasteiger partial charge is 0.381 e. The smallest absolute Gasteiger partial charge is 0.113 e. The van der Waals surface area contributed by atoms with E-state index in [4.69, 9.17) is 9.72 Å². The van der Waals surface area contributed by atoms with Crippen LogP contribution in [0.3, 0.4) is 0 Å². The van der Waals surface area contributed by atoms with Crippen molar-refractivity contribution in [1.82, 2.24) is 10.3 Å². The molecule has 3 nitrogen and oxygen atoms in total. The first-order chi connectivity index (χ1) is 9.91. The molecule has 0 unspecified atom stereocenters. The number of hydrogen-bond acceptors (Lipinski definition) is 4. The van der Waals surface area contributed by atoms with Gasteiger partial charge in [-0.1, -0.05) is 27.7 Å². The van der Waals surface area contributed by atoms with Crippen LogP contribution >= 0.6 is 11.3 Å². The highest BCUT2D eigenvalue weighted by atomic mass is 32.1. The van der Waals surface area contributed by atoms with Crippen LogP contribution < -0.4 is 5.32 Å². The molecule has 1 aromatic rings. The Morgan fingerprint density at radius 3 is 2.52 bits per heavy atom. The summed E-state index contributed by atoms with van der Waals surface area (Å²) in [6.45, 7) is 9.99. The number of hydrogen-bond donors (Lipinski definition) is 1. The molecule has 1 fully saturated rings. The summed E-state index contributed by atoms with van der Waals surface area (Å²) in [5, 5.41) is 7.32. The first-order valence-electron chi connectivity index (χ1n) is 8.15. The summed E-state index contributed by atoms with van der Waals surface area (Å²) in [6, 6.07) is 0. The minimum Gasteiger partial charge on any atom is -0.381 e. The summed E-state index contributed by atoms with van der Waals surface area (Å²) in [5.41, 5.74) is 1.41. The Labute approximate surface area is 133 Å². The van der Waals surface area contributed by atoms with Gasteiger partial charge in [-0.2, -0.15) is 0 Å². The summed E-state index contributed by atoms with van der Waals surface area (Å²) in [4.78, 5) is 5.00. The summed E-state index contributed by atoms with van der Waals surface area (Å²) >= 11 is 1.83. The molecule has 0 atom stereocenters. The lowest BCUT2D eigenvalue weighted by molar-refractivity contribution is 0.0403. The van der Waals surface area contributed by atoms with Gasteiger partial charge < -0.3 is 10.1 Å². The van der Waals surface area contributed by atoms with Gasteiger partial charge in [0, 0.05) is 17.9 Å². The molecule has 0 aliphatic heterocycles.